The molecule has 8 nitrogen and oxygen atoms in total. The van der Waals surface area contributed by atoms with Gasteiger partial charge in [0.05, 0.1) is 25.2 Å². The van der Waals surface area contributed by atoms with E-state index in [1.807, 2.05) is 0 Å². The van der Waals surface area contributed by atoms with Crippen molar-refractivity contribution in [3.63, 3.8) is 0 Å². The molecule has 0 unspecified atom stereocenters. The highest BCUT2D eigenvalue weighted by atomic mass is 32.2. The molecule has 0 bridgehead atoms. The summed E-state index contributed by atoms with van der Waals surface area (Å²) >= 11 is 0. The van der Waals surface area contributed by atoms with Crippen LogP contribution in [0.15, 0.2) is 18.2 Å². The number of hydrogen-bond donors (Lipinski definition) is 1. The Kier molecular flexibility index (Phi) is 6.02. The van der Waals surface area contributed by atoms with Crippen molar-refractivity contribution in [1.82, 2.24) is 10.2 Å². The Bertz CT molecular complexity index is 757. The van der Waals surface area contributed by atoms with Gasteiger partial charge < -0.3 is 15.0 Å². The maximum absolute atomic E-state index is 12.5. The maximum Gasteiger partial charge on any atom is 0.251 e. The second kappa shape index (κ2) is 7.83. The summed E-state index contributed by atoms with van der Waals surface area (Å²) < 4.78 is 30.7. The predicted molar refractivity (Wildman–Crippen MR) is 94.2 cm³/mol. The highest BCUT2D eigenvalue weighted by molar-refractivity contribution is 7.92. The van der Waals surface area contributed by atoms with Gasteiger partial charge in [0.15, 0.2) is 0 Å². The van der Waals surface area contributed by atoms with Crippen LogP contribution in [0.3, 0.4) is 0 Å². The first-order chi connectivity index (χ1) is 11.7. The van der Waals surface area contributed by atoms with Crippen molar-refractivity contribution in [2.75, 3.05) is 50.5 Å². The molecule has 2 amide bonds. The molecule has 1 fully saturated rings. The molecule has 0 atom stereocenters. The van der Waals surface area contributed by atoms with Crippen molar-refractivity contribution in [1.29, 1.82) is 0 Å². The third-order valence-corrected chi connectivity index (χ3v) is 5.12. The molecule has 1 heterocycles. The van der Waals surface area contributed by atoms with Gasteiger partial charge in [-0.1, -0.05) is 0 Å². The monoisotopic (exact) mass is 369 g/mol. The molecule has 25 heavy (non-hydrogen) atoms. The van der Waals surface area contributed by atoms with E-state index in [1.54, 1.807) is 30.0 Å². The van der Waals surface area contributed by atoms with E-state index in [1.165, 1.54) is 7.05 Å². The Morgan fingerprint density at radius 2 is 1.92 bits per heavy atom. The van der Waals surface area contributed by atoms with E-state index < -0.39 is 10.0 Å². The van der Waals surface area contributed by atoms with Crippen LogP contribution in [-0.4, -0.2) is 71.3 Å². The summed E-state index contributed by atoms with van der Waals surface area (Å²) in [5.41, 5.74) is 1.41. The minimum atomic E-state index is -3.66. The average molecular weight is 369 g/mol. The molecule has 0 radical (unpaired) electrons. The van der Waals surface area contributed by atoms with E-state index in [-0.39, 0.29) is 18.4 Å². The topological polar surface area (TPSA) is 96.0 Å². The lowest BCUT2D eigenvalue weighted by Gasteiger charge is -2.30. The molecule has 0 spiro atoms. The van der Waals surface area contributed by atoms with Crippen LogP contribution in [0.25, 0.3) is 0 Å². The van der Waals surface area contributed by atoms with Crippen LogP contribution in [0.5, 0.6) is 0 Å². The van der Waals surface area contributed by atoms with E-state index in [9.17, 15) is 18.0 Å². The summed E-state index contributed by atoms with van der Waals surface area (Å²) in [4.78, 5) is 25.8. The fraction of sp³-hybridized carbons (Fsp3) is 0.500. The van der Waals surface area contributed by atoms with E-state index in [2.05, 4.69) is 5.32 Å². The number of morpholine rings is 1. The number of nitrogens with one attached hydrogen (secondary N) is 1. The van der Waals surface area contributed by atoms with E-state index in [0.29, 0.717) is 43.1 Å². The molecule has 1 aromatic carbocycles. The Hall–Kier alpha value is -2.13. The van der Waals surface area contributed by atoms with Gasteiger partial charge in [0.2, 0.25) is 15.9 Å². The zero-order valence-corrected chi connectivity index (χ0v) is 15.4. The van der Waals surface area contributed by atoms with Crippen molar-refractivity contribution >= 4 is 27.5 Å². The fourth-order valence-electron chi connectivity index (χ4n) is 2.64. The quantitative estimate of drug-likeness (QED) is 0.787. The normalized spacial score (nSPS) is 14.9. The molecular weight excluding hydrogens is 346 g/mol. The van der Waals surface area contributed by atoms with Crippen molar-refractivity contribution in [2.24, 2.45) is 0 Å². The van der Waals surface area contributed by atoms with Gasteiger partial charge in [-0.3, -0.25) is 13.9 Å². The van der Waals surface area contributed by atoms with Crippen LogP contribution in [0.2, 0.25) is 0 Å². The number of aryl methyl sites for hydroxylation is 1. The zero-order chi connectivity index (χ0) is 18.6. The number of sulfonamides is 1. The average Bonchev–Trinajstić information content (AvgIpc) is 2.59. The van der Waals surface area contributed by atoms with Crippen molar-refractivity contribution in [3.8, 4) is 0 Å². The molecule has 1 aliphatic heterocycles. The van der Waals surface area contributed by atoms with E-state index in [0.717, 1.165) is 10.6 Å². The highest BCUT2D eigenvalue weighted by Gasteiger charge is 2.26. The Morgan fingerprint density at radius 3 is 2.44 bits per heavy atom. The standard InChI is InChI=1S/C16H23N3O5S/c1-12-10-13(16(21)17-2)4-5-14(12)19(25(3,22)23)11-15(20)18-6-8-24-9-7-18/h4-5,10H,6-9,11H2,1-3H3,(H,17,21). The van der Waals surface area contributed by atoms with Gasteiger partial charge in [0, 0.05) is 25.7 Å². The fourth-order valence-corrected chi connectivity index (χ4v) is 3.54. The molecule has 1 aromatic rings. The number of rotatable bonds is 5. The Balaban J connectivity index is 2.29. The Labute approximate surface area is 147 Å². The van der Waals surface area contributed by atoms with Crippen LogP contribution in [-0.2, 0) is 19.6 Å². The van der Waals surface area contributed by atoms with Crippen molar-refractivity contribution in [3.05, 3.63) is 29.3 Å². The number of anilines is 1. The molecule has 2 rings (SSSR count). The summed E-state index contributed by atoms with van der Waals surface area (Å²) in [6.45, 7) is 3.23. The molecule has 1 N–H and O–H groups in total. The second-order valence-corrected chi connectivity index (χ2v) is 7.75. The van der Waals surface area contributed by atoms with Gasteiger partial charge in [-0.15, -0.1) is 0 Å². The lowest BCUT2D eigenvalue weighted by molar-refractivity contribution is -0.133. The van der Waals surface area contributed by atoms with Crippen LogP contribution < -0.4 is 9.62 Å². The molecule has 9 heteroatoms. The predicted octanol–water partition coefficient (Wildman–Crippen LogP) is -0.0206. The summed E-state index contributed by atoms with van der Waals surface area (Å²) in [6.07, 6.45) is 1.06. The van der Waals surface area contributed by atoms with Crippen LogP contribution in [0.4, 0.5) is 5.69 Å². The lowest BCUT2D eigenvalue weighted by atomic mass is 10.1. The van der Waals surface area contributed by atoms with Crippen LogP contribution >= 0.6 is 0 Å². The molecular formula is C16H23N3O5S. The van der Waals surface area contributed by atoms with Gasteiger partial charge in [-0.25, -0.2) is 8.42 Å². The minimum absolute atomic E-state index is 0.259. The summed E-state index contributed by atoms with van der Waals surface area (Å²) in [7, 11) is -2.14. The van der Waals surface area contributed by atoms with Crippen molar-refractivity contribution in [2.45, 2.75) is 6.92 Å². The molecule has 1 saturated heterocycles. The second-order valence-electron chi connectivity index (χ2n) is 5.84. The van der Waals surface area contributed by atoms with Crippen LogP contribution in [0, 0.1) is 6.92 Å². The minimum Gasteiger partial charge on any atom is -0.378 e. The third kappa shape index (κ3) is 4.70. The number of nitrogens with zero attached hydrogens (tertiary/aromatic N) is 2. The summed E-state index contributed by atoms with van der Waals surface area (Å²) in [5, 5.41) is 2.52. The van der Waals surface area contributed by atoms with Gasteiger partial charge in [-0.05, 0) is 30.7 Å². The largest absolute Gasteiger partial charge is 0.378 e. The third-order valence-electron chi connectivity index (χ3n) is 4.00. The number of amides is 2. The van der Waals surface area contributed by atoms with Gasteiger partial charge in [0.25, 0.3) is 5.91 Å². The summed E-state index contributed by atoms with van der Waals surface area (Å²) in [6, 6.07) is 4.69. The summed E-state index contributed by atoms with van der Waals surface area (Å²) in [5.74, 6) is -0.534. The van der Waals surface area contributed by atoms with E-state index in [4.69, 9.17) is 4.74 Å². The number of hydrogen-bond acceptors (Lipinski definition) is 5. The highest BCUT2D eigenvalue weighted by Crippen LogP contribution is 2.24. The SMILES string of the molecule is CNC(=O)c1ccc(N(CC(=O)N2CCOCC2)S(C)(=O)=O)c(C)c1. The lowest BCUT2D eigenvalue weighted by Crippen LogP contribution is -2.47. The van der Waals surface area contributed by atoms with Crippen LogP contribution in [0.1, 0.15) is 15.9 Å². The maximum atomic E-state index is 12.5. The van der Waals surface area contributed by atoms with Gasteiger partial charge in [-0.2, -0.15) is 0 Å². The van der Waals surface area contributed by atoms with Gasteiger partial charge in [0.1, 0.15) is 6.54 Å². The molecule has 1 aliphatic rings. The zero-order valence-electron chi connectivity index (χ0n) is 14.6. The van der Waals surface area contributed by atoms with E-state index >= 15 is 0 Å². The first kappa shape index (κ1) is 19.2. The number of benzene rings is 1. The number of carbonyl (C=O) groups is 2. The van der Waals surface area contributed by atoms with Crippen molar-refractivity contribution < 1.29 is 22.7 Å². The first-order valence-corrected chi connectivity index (χ1v) is 9.75. The Morgan fingerprint density at radius 1 is 1.28 bits per heavy atom. The molecule has 138 valence electrons. The number of carbonyl (C=O) groups excluding carboxylic acids is 2. The first-order valence-electron chi connectivity index (χ1n) is 7.90. The van der Waals surface area contributed by atoms with Gasteiger partial charge >= 0.3 is 0 Å². The molecule has 0 aromatic heterocycles. The number of ether oxygens (including phenoxy) is 1. The smallest absolute Gasteiger partial charge is 0.251 e. The molecule has 0 aliphatic carbocycles. The molecule has 0 saturated carbocycles.